The first-order valence-electron chi connectivity index (χ1n) is 13.7. The third-order valence-electron chi connectivity index (χ3n) is 8.04. The molecule has 2 aromatic rings. The summed E-state index contributed by atoms with van der Waals surface area (Å²) >= 11 is 1.41. The number of hydrogen-bond acceptors (Lipinski definition) is 5. The molecule has 0 radical (unpaired) electrons. The topological polar surface area (TPSA) is 107 Å². The van der Waals surface area contributed by atoms with Gasteiger partial charge in [-0.1, -0.05) is 60.7 Å². The molecule has 2 aromatic carbocycles. The quantitative estimate of drug-likeness (QED) is 0.362. The van der Waals surface area contributed by atoms with Crippen LogP contribution in [0.3, 0.4) is 0 Å². The Kier molecular flexibility index (Phi) is 7.23. The molecule has 0 aromatic heterocycles. The number of carboxylic acids is 1. The molecular formula is C31H31N3O5S. The van der Waals surface area contributed by atoms with Gasteiger partial charge in [-0.25, -0.2) is 4.79 Å². The Labute approximate surface area is 237 Å². The summed E-state index contributed by atoms with van der Waals surface area (Å²) in [5.74, 6) is -1.53. The zero-order valence-electron chi connectivity index (χ0n) is 22.0. The highest BCUT2D eigenvalue weighted by molar-refractivity contribution is 8.00. The minimum atomic E-state index is -1.21. The number of hydrogen-bond donors (Lipinski definition) is 2. The number of aliphatic carboxylic acids is 1. The summed E-state index contributed by atoms with van der Waals surface area (Å²) in [4.78, 5) is 55.2. The fraction of sp³-hybridized carbons (Fsp3) is 0.355. The maximum atomic E-state index is 13.6. The second-order valence-electron chi connectivity index (χ2n) is 10.8. The Morgan fingerprint density at radius 2 is 1.75 bits per heavy atom. The Bertz CT molecular complexity index is 1400. The van der Waals surface area contributed by atoms with Gasteiger partial charge in [-0.2, -0.15) is 0 Å². The molecule has 206 valence electrons. The molecule has 3 aliphatic heterocycles. The maximum absolute atomic E-state index is 13.6. The van der Waals surface area contributed by atoms with Crippen molar-refractivity contribution in [1.82, 2.24) is 15.1 Å². The number of thioether (sulfide) groups is 1. The third-order valence-corrected chi connectivity index (χ3v) is 9.34. The van der Waals surface area contributed by atoms with E-state index < -0.39 is 29.2 Å². The number of β-lactam (4-membered cyclic amide) rings is 1. The van der Waals surface area contributed by atoms with Crippen molar-refractivity contribution >= 4 is 35.5 Å². The lowest BCUT2D eigenvalue weighted by Gasteiger charge is -2.49. The summed E-state index contributed by atoms with van der Waals surface area (Å²) in [6.07, 6.45) is 5.03. The molecule has 1 saturated carbocycles. The number of carbonyl (C=O) groups excluding carboxylic acids is 3. The molecule has 0 spiro atoms. The van der Waals surface area contributed by atoms with Crippen LogP contribution in [-0.4, -0.2) is 68.9 Å². The van der Waals surface area contributed by atoms with Gasteiger partial charge in [0.15, 0.2) is 0 Å². The fourth-order valence-electron chi connectivity index (χ4n) is 5.70. The van der Waals surface area contributed by atoms with Crippen LogP contribution in [0.5, 0.6) is 0 Å². The predicted octanol–water partition coefficient (Wildman–Crippen LogP) is 3.32. The summed E-state index contributed by atoms with van der Waals surface area (Å²) in [5, 5.41) is 12.5. The van der Waals surface area contributed by atoms with Gasteiger partial charge in [0.2, 0.25) is 11.8 Å². The molecule has 3 fully saturated rings. The molecule has 0 bridgehead atoms. The number of rotatable bonds is 9. The van der Waals surface area contributed by atoms with Crippen molar-refractivity contribution in [3.63, 3.8) is 0 Å². The highest BCUT2D eigenvalue weighted by Crippen LogP contribution is 2.42. The van der Waals surface area contributed by atoms with Crippen molar-refractivity contribution in [1.29, 1.82) is 0 Å². The van der Waals surface area contributed by atoms with Gasteiger partial charge in [-0.05, 0) is 54.4 Å². The number of carbonyl (C=O) groups is 4. The number of benzene rings is 2. The molecule has 3 amide bonds. The molecule has 8 nitrogen and oxygen atoms in total. The number of likely N-dealkylation sites (tertiary alicyclic amines) is 1. The van der Waals surface area contributed by atoms with Crippen LogP contribution >= 0.6 is 11.8 Å². The van der Waals surface area contributed by atoms with Crippen LogP contribution in [-0.2, 0) is 25.6 Å². The SMILES string of the molecule is O=C(O)C1=C(C=C2CCN(CC3CC3)C2=O)CSC2C(NC(=O)C(Cc3ccccc3)c3ccccc3)C(=O)N12. The zero-order chi connectivity index (χ0) is 27.8. The molecule has 1 aliphatic carbocycles. The second kappa shape index (κ2) is 11.0. The lowest BCUT2D eigenvalue weighted by molar-refractivity contribution is -0.150. The largest absolute Gasteiger partial charge is 0.477 e. The molecule has 2 N–H and O–H groups in total. The van der Waals surface area contributed by atoms with Crippen LogP contribution in [0.15, 0.2) is 83.6 Å². The number of nitrogens with zero attached hydrogens (tertiary/aromatic N) is 2. The first kappa shape index (κ1) is 26.4. The van der Waals surface area contributed by atoms with Crippen LogP contribution in [0.2, 0.25) is 0 Å². The Morgan fingerprint density at radius 3 is 2.42 bits per heavy atom. The van der Waals surface area contributed by atoms with Crippen molar-refractivity contribution < 1.29 is 24.3 Å². The van der Waals surface area contributed by atoms with Gasteiger partial charge >= 0.3 is 5.97 Å². The average molecular weight is 558 g/mol. The van der Waals surface area contributed by atoms with E-state index in [1.54, 1.807) is 6.08 Å². The Hall–Kier alpha value is -3.85. The summed E-state index contributed by atoms with van der Waals surface area (Å²) < 4.78 is 0. The number of nitrogens with one attached hydrogen (secondary N) is 1. The summed E-state index contributed by atoms with van der Waals surface area (Å²) in [5.41, 5.74) is 2.82. The number of allylic oxidation sites excluding steroid dienone is 1. The van der Waals surface area contributed by atoms with Crippen LogP contribution in [0, 0.1) is 5.92 Å². The van der Waals surface area contributed by atoms with Crippen molar-refractivity contribution in [3.8, 4) is 0 Å². The Balaban J connectivity index is 1.19. The van der Waals surface area contributed by atoms with Crippen LogP contribution in [0.25, 0.3) is 0 Å². The molecular weight excluding hydrogens is 526 g/mol. The average Bonchev–Trinajstić information content (AvgIpc) is 3.73. The fourth-order valence-corrected chi connectivity index (χ4v) is 7.01. The normalized spacial score (nSPS) is 24.1. The monoisotopic (exact) mass is 557 g/mol. The molecule has 40 heavy (non-hydrogen) atoms. The number of carboxylic acid groups (broad SMARTS) is 1. The smallest absolute Gasteiger partial charge is 0.352 e. The zero-order valence-corrected chi connectivity index (χ0v) is 22.8. The van der Waals surface area contributed by atoms with E-state index in [0.29, 0.717) is 42.2 Å². The molecule has 3 unspecified atom stereocenters. The van der Waals surface area contributed by atoms with E-state index in [2.05, 4.69) is 5.32 Å². The molecule has 4 aliphatic rings. The number of fused-ring (bicyclic) bond motifs is 1. The maximum Gasteiger partial charge on any atom is 0.352 e. The van der Waals surface area contributed by atoms with Gasteiger partial charge in [0.1, 0.15) is 17.1 Å². The van der Waals surface area contributed by atoms with E-state index in [9.17, 15) is 24.3 Å². The Morgan fingerprint density at radius 1 is 1.05 bits per heavy atom. The van der Waals surface area contributed by atoms with Crippen molar-refractivity contribution in [2.45, 2.75) is 43.0 Å². The van der Waals surface area contributed by atoms with Gasteiger partial charge < -0.3 is 15.3 Å². The van der Waals surface area contributed by atoms with Gasteiger partial charge in [-0.3, -0.25) is 19.3 Å². The van der Waals surface area contributed by atoms with Gasteiger partial charge in [0.25, 0.3) is 5.91 Å². The second-order valence-corrected chi connectivity index (χ2v) is 11.9. The molecule has 3 heterocycles. The van der Waals surface area contributed by atoms with Gasteiger partial charge in [0.05, 0.1) is 5.92 Å². The van der Waals surface area contributed by atoms with Crippen molar-refractivity contribution in [3.05, 3.63) is 94.7 Å². The molecule has 9 heteroatoms. The van der Waals surface area contributed by atoms with E-state index in [-0.39, 0.29) is 17.5 Å². The minimum Gasteiger partial charge on any atom is -0.477 e. The van der Waals surface area contributed by atoms with E-state index in [1.165, 1.54) is 16.7 Å². The summed E-state index contributed by atoms with van der Waals surface area (Å²) in [6.45, 7) is 1.41. The first-order valence-corrected chi connectivity index (χ1v) is 14.8. The summed E-state index contributed by atoms with van der Waals surface area (Å²) in [7, 11) is 0. The van der Waals surface area contributed by atoms with E-state index in [4.69, 9.17) is 0 Å². The molecule has 2 saturated heterocycles. The van der Waals surface area contributed by atoms with E-state index >= 15 is 0 Å². The van der Waals surface area contributed by atoms with Gasteiger partial charge in [0, 0.05) is 24.4 Å². The molecule has 3 atom stereocenters. The highest BCUT2D eigenvalue weighted by atomic mass is 32.2. The third kappa shape index (κ3) is 5.18. The predicted molar refractivity (Wildman–Crippen MR) is 151 cm³/mol. The standard InChI is InChI=1S/C31H31N3O5S/c35-27(24(21-9-5-2-6-10-21)15-19-7-3-1-4-8-19)32-25-29(37)34-26(31(38)39)23(18-40-30(25)34)16-22-13-14-33(28(22)36)17-20-11-12-20/h1-10,16,20,24-25,30H,11-15,17-18H2,(H,32,35)(H,38,39). The van der Waals surface area contributed by atoms with E-state index in [1.807, 2.05) is 65.6 Å². The van der Waals surface area contributed by atoms with Crippen LogP contribution in [0.1, 0.15) is 36.3 Å². The minimum absolute atomic E-state index is 0.0401. The van der Waals surface area contributed by atoms with Crippen molar-refractivity contribution in [2.24, 2.45) is 5.92 Å². The summed E-state index contributed by atoms with van der Waals surface area (Å²) in [6, 6.07) is 18.4. The molecule has 6 rings (SSSR count). The number of amides is 3. The van der Waals surface area contributed by atoms with Crippen LogP contribution < -0.4 is 5.32 Å². The van der Waals surface area contributed by atoms with Gasteiger partial charge in [-0.15, -0.1) is 11.8 Å². The van der Waals surface area contributed by atoms with Crippen molar-refractivity contribution in [2.75, 3.05) is 18.8 Å². The first-order chi connectivity index (χ1) is 19.4. The lowest BCUT2D eigenvalue weighted by Crippen LogP contribution is -2.70. The lowest BCUT2D eigenvalue weighted by atomic mass is 9.90. The van der Waals surface area contributed by atoms with Crippen LogP contribution in [0.4, 0.5) is 0 Å². The highest BCUT2D eigenvalue weighted by Gasteiger charge is 2.54. The van der Waals surface area contributed by atoms with E-state index in [0.717, 1.165) is 30.5 Å².